The van der Waals surface area contributed by atoms with E-state index in [1.54, 1.807) is 24.3 Å². The molecular formula is C13H17BrN2O2. The van der Waals surface area contributed by atoms with E-state index in [9.17, 15) is 9.59 Å². The van der Waals surface area contributed by atoms with Gasteiger partial charge >= 0.3 is 0 Å². The first-order valence-corrected chi connectivity index (χ1v) is 6.95. The van der Waals surface area contributed by atoms with Gasteiger partial charge in [0.15, 0.2) is 0 Å². The fraction of sp³-hybridized carbons (Fsp3) is 0.385. The predicted molar refractivity (Wildman–Crippen MR) is 76.1 cm³/mol. The molecule has 0 heterocycles. The van der Waals surface area contributed by atoms with Crippen LogP contribution < -0.4 is 10.6 Å². The summed E-state index contributed by atoms with van der Waals surface area (Å²) in [5.41, 5.74) is 1.17. The van der Waals surface area contributed by atoms with Crippen molar-refractivity contribution in [2.45, 2.75) is 26.3 Å². The van der Waals surface area contributed by atoms with E-state index in [1.165, 1.54) is 0 Å². The van der Waals surface area contributed by atoms with Crippen LogP contribution in [0.15, 0.2) is 24.3 Å². The lowest BCUT2D eigenvalue weighted by Gasteiger charge is -2.12. The Kier molecular flexibility index (Phi) is 5.85. The summed E-state index contributed by atoms with van der Waals surface area (Å²) in [5, 5.41) is 5.80. The van der Waals surface area contributed by atoms with Gasteiger partial charge in [0.25, 0.3) is 5.91 Å². The number of nitrogens with one attached hydrogen (secondary N) is 2. The van der Waals surface area contributed by atoms with Gasteiger partial charge in [-0.1, -0.05) is 28.9 Å². The fourth-order valence-corrected chi connectivity index (χ4v) is 1.48. The molecule has 2 N–H and O–H groups in total. The van der Waals surface area contributed by atoms with E-state index in [1.807, 2.05) is 13.8 Å². The Morgan fingerprint density at radius 3 is 2.72 bits per heavy atom. The van der Waals surface area contributed by atoms with Crippen molar-refractivity contribution in [3.8, 4) is 0 Å². The molecule has 1 unspecified atom stereocenters. The minimum absolute atomic E-state index is 0.126. The van der Waals surface area contributed by atoms with Crippen LogP contribution in [0.2, 0.25) is 0 Å². The number of amides is 2. The van der Waals surface area contributed by atoms with Gasteiger partial charge in [0.05, 0.1) is 5.33 Å². The van der Waals surface area contributed by atoms with E-state index in [0.29, 0.717) is 11.3 Å². The lowest BCUT2D eigenvalue weighted by Crippen LogP contribution is -2.31. The predicted octanol–water partition coefficient (Wildman–Crippen LogP) is 2.55. The van der Waals surface area contributed by atoms with E-state index < -0.39 is 0 Å². The summed E-state index contributed by atoms with van der Waals surface area (Å²) >= 11 is 3.07. The Bertz CT molecular complexity index is 435. The Labute approximate surface area is 115 Å². The highest BCUT2D eigenvalue weighted by molar-refractivity contribution is 9.09. The molecule has 18 heavy (non-hydrogen) atoms. The highest BCUT2D eigenvalue weighted by Gasteiger charge is 2.09. The second-order valence-electron chi connectivity index (χ2n) is 4.05. The SMILES string of the molecule is CCC(C)NC(=O)c1cccc(NC(=O)CBr)c1. The summed E-state index contributed by atoms with van der Waals surface area (Å²) < 4.78 is 0. The van der Waals surface area contributed by atoms with Crippen LogP contribution in [0, 0.1) is 0 Å². The van der Waals surface area contributed by atoms with Crippen LogP contribution in [0.3, 0.4) is 0 Å². The lowest BCUT2D eigenvalue weighted by molar-refractivity contribution is -0.113. The van der Waals surface area contributed by atoms with Gasteiger partial charge in [-0.2, -0.15) is 0 Å². The largest absolute Gasteiger partial charge is 0.350 e. The molecule has 4 nitrogen and oxygen atoms in total. The molecular weight excluding hydrogens is 296 g/mol. The van der Waals surface area contributed by atoms with Gasteiger partial charge in [-0.25, -0.2) is 0 Å². The molecule has 0 fully saturated rings. The van der Waals surface area contributed by atoms with Gasteiger partial charge in [0.1, 0.15) is 0 Å². The molecule has 1 rings (SSSR count). The van der Waals surface area contributed by atoms with Gasteiger partial charge in [0, 0.05) is 17.3 Å². The van der Waals surface area contributed by atoms with Gasteiger partial charge in [-0.3, -0.25) is 9.59 Å². The molecule has 1 atom stereocenters. The highest BCUT2D eigenvalue weighted by Crippen LogP contribution is 2.11. The van der Waals surface area contributed by atoms with Crippen molar-refractivity contribution >= 4 is 33.4 Å². The Morgan fingerprint density at radius 1 is 1.39 bits per heavy atom. The first-order valence-electron chi connectivity index (χ1n) is 5.83. The molecule has 0 spiro atoms. The third-order valence-electron chi connectivity index (χ3n) is 2.52. The lowest BCUT2D eigenvalue weighted by atomic mass is 10.1. The van der Waals surface area contributed by atoms with Crippen LogP contribution >= 0.6 is 15.9 Å². The first kappa shape index (κ1) is 14.7. The number of benzene rings is 1. The molecule has 0 aromatic heterocycles. The van der Waals surface area contributed by atoms with Crippen molar-refractivity contribution in [2.75, 3.05) is 10.6 Å². The molecule has 1 aromatic carbocycles. The second kappa shape index (κ2) is 7.16. The molecule has 0 aliphatic rings. The molecule has 5 heteroatoms. The fourth-order valence-electron chi connectivity index (χ4n) is 1.34. The Hall–Kier alpha value is -1.36. The number of hydrogen-bond donors (Lipinski definition) is 2. The Morgan fingerprint density at radius 2 is 2.11 bits per heavy atom. The topological polar surface area (TPSA) is 58.2 Å². The third-order valence-corrected chi connectivity index (χ3v) is 3.03. The summed E-state index contributed by atoms with van der Waals surface area (Å²) in [6.07, 6.45) is 0.881. The quantitative estimate of drug-likeness (QED) is 0.821. The van der Waals surface area contributed by atoms with E-state index in [-0.39, 0.29) is 23.2 Å². The monoisotopic (exact) mass is 312 g/mol. The summed E-state index contributed by atoms with van der Waals surface area (Å²) in [6, 6.07) is 7.02. The van der Waals surface area contributed by atoms with Gasteiger partial charge in [0.2, 0.25) is 5.91 Å². The second-order valence-corrected chi connectivity index (χ2v) is 4.61. The average molecular weight is 313 g/mol. The maximum Gasteiger partial charge on any atom is 0.251 e. The molecule has 0 aliphatic heterocycles. The first-order chi connectivity index (χ1) is 8.56. The van der Waals surface area contributed by atoms with Crippen molar-refractivity contribution < 1.29 is 9.59 Å². The zero-order valence-electron chi connectivity index (χ0n) is 10.5. The van der Waals surface area contributed by atoms with Crippen LogP contribution in [0.5, 0.6) is 0 Å². The van der Waals surface area contributed by atoms with Gasteiger partial charge in [-0.05, 0) is 31.5 Å². The van der Waals surface area contributed by atoms with Crippen LogP contribution in [0.1, 0.15) is 30.6 Å². The van der Waals surface area contributed by atoms with Crippen molar-refractivity contribution in [2.24, 2.45) is 0 Å². The molecule has 2 amide bonds. The van der Waals surface area contributed by atoms with E-state index in [2.05, 4.69) is 26.6 Å². The van der Waals surface area contributed by atoms with E-state index in [0.717, 1.165) is 6.42 Å². The number of carbonyl (C=O) groups is 2. The smallest absolute Gasteiger partial charge is 0.251 e. The minimum Gasteiger partial charge on any atom is -0.350 e. The molecule has 0 radical (unpaired) electrons. The van der Waals surface area contributed by atoms with E-state index in [4.69, 9.17) is 0 Å². The molecule has 0 saturated carbocycles. The summed E-state index contributed by atoms with van der Waals surface area (Å²) in [5.74, 6) is -0.270. The molecule has 1 aromatic rings. The van der Waals surface area contributed by atoms with Crippen LogP contribution in [-0.2, 0) is 4.79 Å². The number of anilines is 1. The molecule has 0 aliphatic carbocycles. The molecule has 98 valence electrons. The van der Waals surface area contributed by atoms with Crippen LogP contribution in [0.4, 0.5) is 5.69 Å². The van der Waals surface area contributed by atoms with Gasteiger partial charge < -0.3 is 10.6 Å². The highest BCUT2D eigenvalue weighted by atomic mass is 79.9. The number of halogens is 1. The van der Waals surface area contributed by atoms with E-state index >= 15 is 0 Å². The number of rotatable bonds is 5. The van der Waals surface area contributed by atoms with Crippen LogP contribution in [-0.4, -0.2) is 23.2 Å². The summed E-state index contributed by atoms with van der Waals surface area (Å²) in [4.78, 5) is 23.1. The van der Waals surface area contributed by atoms with Gasteiger partial charge in [-0.15, -0.1) is 0 Å². The number of alkyl halides is 1. The number of carbonyl (C=O) groups excluding carboxylic acids is 2. The molecule has 0 bridgehead atoms. The zero-order chi connectivity index (χ0) is 13.5. The van der Waals surface area contributed by atoms with Crippen LogP contribution in [0.25, 0.3) is 0 Å². The third kappa shape index (κ3) is 4.49. The maximum atomic E-state index is 11.9. The van der Waals surface area contributed by atoms with Crippen molar-refractivity contribution in [1.82, 2.24) is 5.32 Å². The zero-order valence-corrected chi connectivity index (χ0v) is 12.1. The average Bonchev–Trinajstić information content (AvgIpc) is 2.38. The van der Waals surface area contributed by atoms with Crippen molar-refractivity contribution in [3.05, 3.63) is 29.8 Å². The molecule has 0 saturated heterocycles. The minimum atomic E-state index is -0.144. The standard InChI is InChI=1S/C13H17BrN2O2/c1-3-9(2)15-13(18)10-5-4-6-11(7-10)16-12(17)8-14/h4-7,9H,3,8H2,1-2H3,(H,15,18)(H,16,17). The normalized spacial score (nSPS) is 11.7. The summed E-state index contributed by atoms with van der Waals surface area (Å²) in [7, 11) is 0. The van der Waals surface area contributed by atoms with Crippen molar-refractivity contribution in [3.63, 3.8) is 0 Å². The van der Waals surface area contributed by atoms with Crippen molar-refractivity contribution in [1.29, 1.82) is 0 Å². The maximum absolute atomic E-state index is 11.9. The number of hydrogen-bond acceptors (Lipinski definition) is 2. The summed E-state index contributed by atoms with van der Waals surface area (Å²) in [6.45, 7) is 3.96. The Balaban J connectivity index is 2.75.